The average Bonchev–Trinajstić information content (AvgIpc) is 2.53. The maximum absolute atomic E-state index is 13.1. The Kier molecular flexibility index (Phi) is 6.18. The Balaban J connectivity index is 1.86. The van der Waals surface area contributed by atoms with Gasteiger partial charge in [0.05, 0.1) is 0 Å². The molecule has 5 heteroatoms. The quantitative estimate of drug-likeness (QED) is 0.781. The molecule has 0 heterocycles. The number of urea groups is 1. The molecule has 2 rings (SSSR count). The summed E-state index contributed by atoms with van der Waals surface area (Å²) in [5.41, 5.74) is 1.79. The lowest BCUT2D eigenvalue weighted by Crippen LogP contribution is -2.43. The fraction of sp³-hybridized carbons (Fsp3) is 0.316. The minimum atomic E-state index is -0.489. The maximum Gasteiger partial charge on any atom is 0.317 e. The number of hydrogen-bond acceptors (Lipinski definition) is 2. The van der Waals surface area contributed by atoms with Gasteiger partial charge in [-0.05, 0) is 42.2 Å². The molecule has 0 saturated heterocycles. The number of ether oxygens (including phenoxy) is 1. The predicted octanol–water partition coefficient (Wildman–Crippen LogP) is 4.17. The third-order valence-corrected chi connectivity index (χ3v) is 3.52. The summed E-state index contributed by atoms with van der Waals surface area (Å²) in [6.07, 6.45) is -0.489. The van der Waals surface area contributed by atoms with E-state index in [1.54, 1.807) is 19.1 Å². The van der Waals surface area contributed by atoms with Crippen molar-refractivity contribution in [1.29, 1.82) is 0 Å². The van der Waals surface area contributed by atoms with E-state index in [0.717, 1.165) is 11.3 Å². The van der Waals surface area contributed by atoms with E-state index in [1.807, 2.05) is 24.3 Å². The summed E-state index contributed by atoms with van der Waals surface area (Å²) in [6.45, 7) is 6.19. The Morgan fingerprint density at radius 2 is 1.88 bits per heavy atom. The summed E-state index contributed by atoms with van der Waals surface area (Å²) in [7, 11) is 0. The van der Waals surface area contributed by atoms with Crippen molar-refractivity contribution in [3.05, 3.63) is 65.5 Å². The van der Waals surface area contributed by atoms with E-state index >= 15 is 0 Å². The molecule has 0 fully saturated rings. The maximum atomic E-state index is 13.1. The highest BCUT2D eigenvalue weighted by Gasteiger charge is 2.12. The van der Waals surface area contributed by atoms with E-state index in [-0.39, 0.29) is 18.4 Å². The fourth-order valence-electron chi connectivity index (χ4n) is 2.35. The van der Waals surface area contributed by atoms with Crippen LogP contribution in [0.1, 0.15) is 37.8 Å². The number of halogens is 1. The van der Waals surface area contributed by atoms with Crippen LogP contribution in [0.4, 0.5) is 9.18 Å². The van der Waals surface area contributed by atoms with E-state index in [2.05, 4.69) is 24.5 Å². The highest BCUT2D eigenvalue weighted by atomic mass is 19.1. The van der Waals surface area contributed by atoms with Crippen LogP contribution in [0.2, 0.25) is 0 Å². The SMILES string of the molecule is CC(NC(=O)NCc1cccc(F)c1)Oc1ccccc1C(C)C. The van der Waals surface area contributed by atoms with Crippen molar-refractivity contribution in [1.82, 2.24) is 10.6 Å². The highest BCUT2D eigenvalue weighted by Crippen LogP contribution is 2.26. The van der Waals surface area contributed by atoms with Crippen LogP contribution < -0.4 is 15.4 Å². The van der Waals surface area contributed by atoms with Gasteiger partial charge in [0, 0.05) is 6.54 Å². The second-order valence-corrected chi connectivity index (χ2v) is 5.91. The number of rotatable bonds is 6. The van der Waals surface area contributed by atoms with Crippen molar-refractivity contribution in [2.45, 2.75) is 39.5 Å². The van der Waals surface area contributed by atoms with E-state index in [9.17, 15) is 9.18 Å². The Hall–Kier alpha value is -2.56. The third-order valence-electron chi connectivity index (χ3n) is 3.52. The van der Waals surface area contributed by atoms with Crippen molar-refractivity contribution in [2.75, 3.05) is 0 Å². The van der Waals surface area contributed by atoms with Crippen molar-refractivity contribution in [2.24, 2.45) is 0 Å². The Bertz CT molecular complexity index is 689. The van der Waals surface area contributed by atoms with Crippen molar-refractivity contribution >= 4 is 6.03 Å². The number of hydrogen-bond donors (Lipinski definition) is 2. The zero-order chi connectivity index (χ0) is 17.5. The Morgan fingerprint density at radius 1 is 1.12 bits per heavy atom. The van der Waals surface area contributed by atoms with Gasteiger partial charge in [-0.3, -0.25) is 0 Å². The summed E-state index contributed by atoms with van der Waals surface area (Å²) >= 11 is 0. The van der Waals surface area contributed by atoms with Gasteiger partial charge >= 0.3 is 6.03 Å². The normalized spacial score (nSPS) is 11.9. The summed E-state index contributed by atoms with van der Waals surface area (Å²) in [6, 6.07) is 13.5. The lowest BCUT2D eigenvalue weighted by Gasteiger charge is -2.20. The van der Waals surface area contributed by atoms with Crippen molar-refractivity contribution in [3.63, 3.8) is 0 Å². The van der Waals surface area contributed by atoms with E-state index < -0.39 is 6.23 Å². The topological polar surface area (TPSA) is 50.4 Å². The van der Waals surface area contributed by atoms with Crippen LogP contribution in [0.15, 0.2) is 48.5 Å². The van der Waals surface area contributed by atoms with Gasteiger partial charge in [0.25, 0.3) is 0 Å². The third kappa shape index (κ3) is 5.26. The number of nitrogens with one attached hydrogen (secondary N) is 2. The first kappa shape index (κ1) is 17.8. The van der Waals surface area contributed by atoms with Crippen LogP contribution >= 0.6 is 0 Å². The average molecular weight is 330 g/mol. The summed E-state index contributed by atoms with van der Waals surface area (Å²) in [5.74, 6) is 0.761. The van der Waals surface area contributed by atoms with E-state index in [0.29, 0.717) is 11.5 Å². The lowest BCUT2D eigenvalue weighted by molar-refractivity contribution is 0.175. The number of amides is 2. The minimum absolute atomic E-state index is 0.249. The van der Waals surface area contributed by atoms with Gasteiger partial charge in [-0.1, -0.05) is 44.2 Å². The molecule has 1 unspecified atom stereocenters. The zero-order valence-electron chi connectivity index (χ0n) is 14.2. The van der Waals surface area contributed by atoms with Gasteiger partial charge in [0.2, 0.25) is 0 Å². The monoisotopic (exact) mass is 330 g/mol. The Morgan fingerprint density at radius 3 is 2.58 bits per heavy atom. The molecular formula is C19H23FN2O2. The van der Waals surface area contributed by atoms with Gasteiger partial charge in [-0.25, -0.2) is 9.18 Å². The van der Waals surface area contributed by atoms with Crippen LogP contribution in [-0.4, -0.2) is 12.3 Å². The smallest absolute Gasteiger partial charge is 0.317 e. The van der Waals surface area contributed by atoms with Crippen LogP contribution in [-0.2, 0) is 6.54 Å². The zero-order valence-corrected chi connectivity index (χ0v) is 14.2. The number of para-hydroxylation sites is 1. The van der Waals surface area contributed by atoms with Gasteiger partial charge in [-0.2, -0.15) is 0 Å². The minimum Gasteiger partial charge on any atom is -0.471 e. The molecule has 0 aliphatic carbocycles. The molecule has 1 atom stereocenters. The van der Waals surface area contributed by atoms with E-state index in [1.165, 1.54) is 12.1 Å². The standard InChI is InChI=1S/C19H23FN2O2/c1-13(2)17-9-4-5-10-18(17)24-14(3)22-19(23)21-12-15-7-6-8-16(20)11-15/h4-11,13-14H,12H2,1-3H3,(H2,21,22,23). The predicted molar refractivity (Wildman–Crippen MR) is 92.4 cm³/mol. The molecule has 4 nitrogen and oxygen atoms in total. The molecule has 2 aromatic rings. The molecule has 2 aromatic carbocycles. The first-order valence-corrected chi connectivity index (χ1v) is 8.00. The largest absolute Gasteiger partial charge is 0.471 e. The van der Waals surface area contributed by atoms with Gasteiger partial charge in [-0.15, -0.1) is 0 Å². The number of carbonyl (C=O) groups excluding carboxylic acids is 1. The molecule has 0 spiro atoms. The molecule has 0 aromatic heterocycles. The van der Waals surface area contributed by atoms with Crippen LogP contribution in [0.25, 0.3) is 0 Å². The molecular weight excluding hydrogens is 307 g/mol. The lowest BCUT2D eigenvalue weighted by atomic mass is 10.0. The van der Waals surface area contributed by atoms with Gasteiger partial charge < -0.3 is 15.4 Å². The Labute approximate surface area is 142 Å². The first-order valence-electron chi connectivity index (χ1n) is 8.00. The summed E-state index contributed by atoms with van der Waals surface area (Å²) in [4.78, 5) is 11.9. The number of benzene rings is 2. The molecule has 0 saturated carbocycles. The molecule has 0 bridgehead atoms. The second-order valence-electron chi connectivity index (χ2n) is 5.91. The van der Waals surface area contributed by atoms with Crippen LogP contribution in [0, 0.1) is 5.82 Å². The molecule has 2 N–H and O–H groups in total. The molecule has 24 heavy (non-hydrogen) atoms. The van der Waals surface area contributed by atoms with Crippen molar-refractivity contribution in [3.8, 4) is 5.75 Å². The number of carbonyl (C=O) groups is 1. The molecule has 128 valence electrons. The van der Waals surface area contributed by atoms with Gasteiger partial charge in [0.1, 0.15) is 11.6 Å². The molecule has 0 aliphatic heterocycles. The summed E-state index contributed by atoms with van der Waals surface area (Å²) in [5, 5.41) is 5.40. The van der Waals surface area contributed by atoms with Crippen LogP contribution in [0.3, 0.4) is 0 Å². The van der Waals surface area contributed by atoms with Crippen LogP contribution in [0.5, 0.6) is 5.75 Å². The highest BCUT2D eigenvalue weighted by molar-refractivity contribution is 5.74. The fourth-order valence-corrected chi connectivity index (χ4v) is 2.35. The molecule has 0 aliphatic rings. The van der Waals surface area contributed by atoms with Crippen molar-refractivity contribution < 1.29 is 13.9 Å². The molecule has 2 amide bonds. The first-order chi connectivity index (χ1) is 11.5. The summed E-state index contributed by atoms with van der Waals surface area (Å²) < 4.78 is 18.9. The van der Waals surface area contributed by atoms with Gasteiger partial charge in [0.15, 0.2) is 6.23 Å². The van der Waals surface area contributed by atoms with E-state index in [4.69, 9.17) is 4.74 Å². The second kappa shape index (κ2) is 8.34. The molecule has 0 radical (unpaired) electrons.